The van der Waals surface area contributed by atoms with Crippen molar-refractivity contribution in [1.82, 2.24) is 14.8 Å². The first-order valence-electron chi connectivity index (χ1n) is 5.18. The van der Waals surface area contributed by atoms with Crippen LogP contribution in [0.5, 0.6) is 0 Å². The molecule has 0 atom stereocenters. The molecule has 9 heteroatoms. The number of anilines is 2. The third-order valence-corrected chi connectivity index (χ3v) is 5.33. The third kappa shape index (κ3) is 3.39. The summed E-state index contributed by atoms with van der Waals surface area (Å²) in [4.78, 5) is 3.81. The Morgan fingerprint density at radius 3 is 2.18 bits per heavy atom. The topological polar surface area (TPSA) is 110 Å². The van der Waals surface area contributed by atoms with Crippen molar-refractivity contribution in [1.29, 1.82) is 0 Å². The van der Waals surface area contributed by atoms with Gasteiger partial charge in [-0.15, -0.1) is 5.10 Å². The lowest BCUT2D eigenvalue weighted by Crippen LogP contribution is -2.42. The highest BCUT2D eigenvalue weighted by atomic mass is 28.4. The summed E-state index contributed by atoms with van der Waals surface area (Å²) in [5.41, 5.74) is 11.0. The molecule has 17 heavy (non-hydrogen) atoms. The van der Waals surface area contributed by atoms with Crippen molar-refractivity contribution in [2.75, 3.05) is 32.8 Å². The Morgan fingerprint density at radius 1 is 1.18 bits per heavy atom. The Hall–Kier alpha value is -1.16. The first-order chi connectivity index (χ1) is 8.06. The second-order valence-electron chi connectivity index (χ2n) is 3.45. The summed E-state index contributed by atoms with van der Waals surface area (Å²) in [5, 5.41) is 3.96. The predicted molar refractivity (Wildman–Crippen MR) is 65.1 cm³/mol. The second kappa shape index (κ2) is 5.96. The molecule has 0 amide bonds. The summed E-state index contributed by atoms with van der Waals surface area (Å²) in [5.74, 6) is 0.484. The number of hydrogen-bond acceptors (Lipinski definition) is 7. The fourth-order valence-corrected chi connectivity index (χ4v) is 3.24. The van der Waals surface area contributed by atoms with E-state index in [0.717, 1.165) is 6.42 Å². The normalized spacial score (nSPS) is 11.9. The van der Waals surface area contributed by atoms with E-state index in [1.54, 1.807) is 26.0 Å². The van der Waals surface area contributed by atoms with Gasteiger partial charge in [0.1, 0.15) is 0 Å². The highest BCUT2D eigenvalue weighted by molar-refractivity contribution is 6.60. The van der Waals surface area contributed by atoms with Gasteiger partial charge in [0.15, 0.2) is 0 Å². The van der Waals surface area contributed by atoms with Crippen LogP contribution in [0.2, 0.25) is 6.04 Å². The number of aromatic nitrogens is 3. The van der Waals surface area contributed by atoms with Gasteiger partial charge in [-0.25, -0.2) is 4.68 Å². The molecule has 1 rings (SSSR count). The average Bonchev–Trinajstić information content (AvgIpc) is 2.64. The zero-order chi connectivity index (χ0) is 12.9. The van der Waals surface area contributed by atoms with Crippen LogP contribution < -0.4 is 11.5 Å². The second-order valence-corrected chi connectivity index (χ2v) is 6.54. The molecule has 0 saturated carbocycles. The Bertz CT molecular complexity index is 347. The van der Waals surface area contributed by atoms with Crippen LogP contribution in [0, 0.1) is 0 Å². The summed E-state index contributed by atoms with van der Waals surface area (Å²) in [6.07, 6.45) is 0.759. The maximum Gasteiger partial charge on any atom is 0.500 e. The monoisotopic (exact) mass is 261 g/mol. The Balaban J connectivity index is 2.49. The molecule has 4 N–H and O–H groups in total. The molecule has 0 aromatic carbocycles. The highest BCUT2D eigenvalue weighted by Gasteiger charge is 2.36. The molecular weight excluding hydrogens is 242 g/mol. The van der Waals surface area contributed by atoms with Gasteiger partial charge in [-0.3, -0.25) is 0 Å². The van der Waals surface area contributed by atoms with Gasteiger partial charge >= 0.3 is 8.80 Å². The van der Waals surface area contributed by atoms with Crippen LogP contribution in [0.3, 0.4) is 0 Å². The van der Waals surface area contributed by atoms with Crippen LogP contribution in [0.1, 0.15) is 6.42 Å². The quantitative estimate of drug-likeness (QED) is 0.649. The number of nitrogens with two attached hydrogens (primary N) is 2. The molecule has 8 nitrogen and oxygen atoms in total. The zero-order valence-electron chi connectivity index (χ0n) is 10.3. The van der Waals surface area contributed by atoms with E-state index in [9.17, 15) is 0 Å². The van der Waals surface area contributed by atoms with Crippen molar-refractivity contribution >= 4 is 20.7 Å². The van der Waals surface area contributed by atoms with Gasteiger partial charge in [0.25, 0.3) is 0 Å². The van der Waals surface area contributed by atoms with Crippen LogP contribution in [0.4, 0.5) is 11.9 Å². The van der Waals surface area contributed by atoms with Gasteiger partial charge in [0, 0.05) is 33.9 Å². The molecule has 0 fully saturated rings. The molecule has 0 unspecified atom stereocenters. The largest absolute Gasteiger partial charge is 0.500 e. The van der Waals surface area contributed by atoms with Gasteiger partial charge in [0.05, 0.1) is 0 Å². The van der Waals surface area contributed by atoms with Crippen LogP contribution >= 0.6 is 0 Å². The van der Waals surface area contributed by atoms with Gasteiger partial charge in [-0.05, 0) is 6.42 Å². The van der Waals surface area contributed by atoms with Crippen molar-refractivity contribution < 1.29 is 13.3 Å². The van der Waals surface area contributed by atoms with E-state index in [4.69, 9.17) is 24.7 Å². The SMILES string of the molecule is CO[Si](CCCn1nc(N)nc1N)(OC)OC. The zero-order valence-corrected chi connectivity index (χ0v) is 11.3. The van der Waals surface area contributed by atoms with Crippen molar-refractivity contribution in [3.63, 3.8) is 0 Å². The summed E-state index contributed by atoms with van der Waals surface area (Å²) in [6, 6.07) is 0.676. The predicted octanol–water partition coefficient (Wildman–Crippen LogP) is -0.289. The van der Waals surface area contributed by atoms with E-state index < -0.39 is 8.80 Å². The molecular formula is C8H19N5O3Si. The van der Waals surface area contributed by atoms with Crippen LogP contribution in [-0.2, 0) is 19.8 Å². The molecule has 0 spiro atoms. The maximum atomic E-state index is 5.62. The molecule has 0 aliphatic carbocycles. The van der Waals surface area contributed by atoms with Crippen LogP contribution in [0.25, 0.3) is 0 Å². The standard InChI is InChI=1S/C8H19N5O3Si/c1-14-17(15-2,16-3)6-4-5-13-8(10)11-7(9)12-13/h4-6H2,1-3H3,(H4,9,10,11,12). The minimum Gasteiger partial charge on any atom is -0.377 e. The summed E-state index contributed by atoms with van der Waals surface area (Å²) >= 11 is 0. The molecule has 0 bridgehead atoms. The number of aryl methyl sites for hydroxylation is 1. The molecule has 0 saturated heterocycles. The summed E-state index contributed by atoms with van der Waals surface area (Å²) in [6.45, 7) is 0.598. The van der Waals surface area contributed by atoms with E-state index in [1.807, 2.05) is 0 Å². The van der Waals surface area contributed by atoms with Crippen molar-refractivity contribution in [2.24, 2.45) is 0 Å². The van der Waals surface area contributed by atoms with Crippen molar-refractivity contribution in [3.05, 3.63) is 0 Å². The first kappa shape index (κ1) is 13.9. The van der Waals surface area contributed by atoms with Gasteiger partial charge in [0.2, 0.25) is 11.9 Å². The lowest BCUT2D eigenvalue weighted by atomic mass is 10.5. The van der Waals surface area contributed by atoms with E-state index in [-0.39, 0.29) is 5.95 Å². The molecule has 1 aromatic heterocycles. The van der Waals surface area contributed by atoms with Crippen molar-refractivity contribution in [2.45, 2.75) is 19.0 Å². The molecule has 0 aliphatic heterocycles. The summed E-state index contributed by atoms with van der Waals surface area (Å²) in [7, 11) is 2.24. The fraction of sp³-hybridized carbons (Fsp3) is 0.750. The molecule has 98 valence electrons. The molecule has 0 radical (unpaired) electrons. The van der Waals surface area contributed by atoms with E-state index >= 15 is 0 Å². The Morgan fingerprint density at radius 2 is 1.76 bits per heavy atom. The average molecular weight is 261 g/mol. The van der Waals surface area contributed by atoms with Gasteiger partial charge < -0.3 is 24.7 Å². The maximum absolute atomic E-state index is 5.62. The number of nitrogens with zero attached hydrogens (tertiary/aromatic N) is 3. The third-order valence-electron chi connectivity index (χ3n) is 2.50. The van der Waals surface area contributed by atoms with Crippen LogP contribution in [0.15, 0.2) is 0 Å². The lowest BCUT2D eigenvalue weighted by Gasteiger charge is -2.24. The number of hydrogen-bond donors (Lipinski definition) is 2. The number of rotatable bonds is 7. The van der Waals surface area contributed by atoms with E-state index in [1.165, 1.54) is 0 Å². The smallest absolute Gasteiger partial charge is 0.377 e. The van der Waals surface area contributed by atoms with E-state index in [0.29, 0.717) is 18.5 Å². The minimum atomic E-state index is -2.52. The fourth-order valence-electron chi connectivity index (χ4n) is 1.54. The first-order valence-corrected chi connectivity index (χ1v) is 7.11. The molecule has 0 aliphatic rings. The van der Waals surface area contributed by atoms with Gasteiger partial charge in [-0.1, -0.05) is 0 Å². The van der Waals surface area contributed by atoms with E-state index in [2.05, 4.69) is 10.1 Å². The lowest BCUT2D eigenvalue weighted by molar-refractivity contribution is 0.122. The molecule has 1 aromatic rings. The Kier molecular flexibility index (Phi) is 4.87. The summed E-state index contributed by atoms with van der Waals surface area (Å²) < 4.78 is 17.5. The number of nitrogen functional groups attached to an aromatic ring is 2. The van der Waals surface area contributed by atoms with Gasteiger partial charge in [-0.2, -0.15) is 4.98 Å². The molecule has 1 heterocycles. The minimum absolute atomic E-state index is 0.177. The Labute approximate surface area is 101 Å². The van der Waals surface area contributed by atoms with Crippen molar-refractivity contribution in [3.8, 4) is 0 Å². The highest BCUT2D eigenvalue weighted by Crippen LogP contribution is 2.16. The van der Waals surface area contributed by atoms with Crippen LogP contribution in [-0.4, -0.2) is 44.9 Å².